The Hall–Kier alpha value is -3.61. The highest BCUT2D eigenvalue weighted by molar-refractivity contribution is 6.32. The van der Waals surface area contributed by atoms with Crippen LogP contribution < -0.4 is 10.3 Å². The first-order valence-corrected chi connectivity index (χ1v) is 11.4. The van der Waals surface area contributed by atoms with E-state index in [0.717, 1.165) is 5.39 Å². The summed E-state index contributed by atoms with van der Waals surface area (Å²) in [4.78, 5) is 18.0. The van der Waals surface area contributed by atoms with E-state index in [1.165, 1.54) is 4.68 Å². The number of aromatic nitrogens is 2. The minimum Gasteiger partial charge on any atom is -0.489 e. The summed E-state index contributed by atoms with van der Waals surface area (Å²) < 4.78 is 12.9. The molecule has 0 unspecified atom stereocenters. The molecule has 0 fully saturated rings. The summed E-state index contributed by atoms with van der Waals surface area (Å²) in [6.07, 6.45) is 1.55. The maximum absolute atomic E-state index is 13.4. The SMILES string of the molecule is CC(C)Oc1ccc(C=Nn2c(-c3cc4cc(Cl)ccc4o3)nc3ccccc3c2=O)cc1Cl. The lowest BCUT2D eigenvalue weighted by Gasteiger charge is -2.11. The number of rotatable bonds is 5. The molecule has 0 saturated carbocycles. The molecular weight excluding hydrogens is 473 g/mol. The van der Waals surface area contributed by atoms with Gasteiger partial charge in [-0.2, -0.15) is 9.78 Å². The van der Waals surface area contributed by atoms with Gasteiger partial charge in [0.15, 0.2) is 5.76 Å². The van der Waals surface area contributed by atoms with Crippen LogP contribution in [0.5, 0.6) is 5.75 Å². The van der Waals surface area contributed by atoms with Crippen LogP contribution in [0.4, 0.5) is 0 Å². The van der Waals surface area contributed by atoms with Gasteiger partial charge in [0.25, 0.3) is 5.56 Å². The third-order valence-corrected chi connectivity index (χ3v) is 5.62. The van der Waals surface area contributed by atoms with Crippen LogP contribution in [0.2, 0.25) is 10.0 Å². The Kier molecular flexibility index (Phi) is 5.86. The molecule has 0 N–H and O–H groups in total. The van der Waals surface area contributed by atoms with Crippen LogP contribution in [-0.2, 0) is 0 Å². The number of benzene rings is 3. The van der Waals surface area contributed by atoms with Crippen molar-refractivity contribution in [1.29, 1.82) is 0 Å². The molecule has 0 spiro atoms. The number of hydrogen-bond donors (Lipinski definition) is 0. The van der Waals surface area contributed by atoms with Crippen LogP contribution in [0.15, 0.2) is 81.0 Å². The first-order valence-electron chi connectivity index (χ1n) is 10.6. The largest absolute Gasteiger partial charge is 0.489 e. The number of fused-ring (bicyclic) bond motifs is 2. The minimum absolute atomic E-state index is 0.000479. The minimum atomic E-state index is -0.318. The molecule has 0 aliphatic carbocycles. The van der Waals surface area contributed by atoms with Crippen molar-refractivity contribution in [3.8, 4) is 17.3 Å². The van der Waals surface area contributed by atoms with Gasteiger partial charge in [0.05, 0.1) is 28.2 Å². The summed E-state index contributed by atoms with van der Waals surface area (Å²) >= 11 is 12.5. The Morgan fingerprint density at radius 1 is 1.06 bits per heavy atom. The predicted molar refractivity (Wildman–Crippen MR) is 136 cm³/mol. The third kappa shape index (κ3) is 4.30. The number of hydrogen-bond acceptors (Lipinski definition) is 5. The van der Waals surface area contributed by atoms with Gasteiger partial charge < -0.3 is 9.15 Å². The quantitative estimate of drug-likeness (QED) is 0.254. The summed E-state index contributed by atoms with van der Waals surface area (Å²) in [5, 5.41) is 6.74. The topological polar surface area (TPSA) is 69.6 Å². The van der Waals surface area contributed by atoms with E-state index in [1.807, 2.05) is 26.0 Å². The number of ether oxygens (including phenoxy) is 1. The summed E-state index contributed by atoms with van der Waals surface area (Å²) in [5.74, 6) is 1.26. The lowest BCUT2D eigenvalue weighted by Crippen LogP contribution is -2.20. The van der Waals surface area contributed by atoms with Crippen molar-refractivity contribution in [2.75, 3.05) is 0 Å². The van der Waals surface area contributed by atoms with Crippen molar-refractivity contribution >= 4 is 51.3 Å². The zero-order chi connectivity index (χ0) is 23.8. The van der Waals surface area contributed by atoms with E-state index in [4.69, 9.17) is 32.4 Å². The fraction of sp³-hybridized carbons (Fsp3) is 0.115. The van der Waals surface area contributed by atoms with E-state index < -0.39 is 0 Å². The Bertz CT molecular complexity index is 1620. The van der Waals surface area contributed by atoms with Gasteiger partial charge in [0.2, 0.25) is 5.82 Å². The maximum atomic E-state index is 13.4. The molecule has 8 heteroatoms. The Balaban J connectivity index is 1.64. The zero-order valence-electron chi connectivity index (χ0n) is 18.3. The summed E-state index contributed by atoms with van der Waals surface area (Å²) in [5.41, 5.74) is 1.56. The van der Waals surface area contributed by atoms with Gasteiger partial charge in [-0.15, -0.1) is 0 Å². The van der Waals surface area contributed by atoms with E-state index in [-0.39, 0.29) is 17.5 Å². The van der Waals surface area contributed by atoms with Crippen LogP contribution >= 0.6 is 23.2 Å². The van der Waals surface area contributed by atoms with Crippen molar-refractivity contribution < 1.29 is 9.15 Å². The monoisotopic (exact) mass is 491 g/mol. The molecule has 5 rings (SSSR count). The third-order valence-electron chi connectivity index (χ3n) is 5.09. The van der Waals surface area contributed by atoms with Gasteiger partial charge >= 0.3 is 0 Å². The molecule has 0 atom stereocenters. The highest BCUT2D eigenvalue weighted by Gasteiger charge is 2.16. The normalized spacial score (nSPS) is 11.8. The molecule has 34 heavy (non-hydrogen) atoms. The molecule has 0 aliphatic rings. The van der Waals surface area contributed by atoms with E-state index in [0.29, 0.717) is 43.6 Å². The first-order chi connectivity index (χ1) is 16.4. The average molecular weight is 492 g/mol. The van der Waals surface area contributed by atoms with Crippen molar-refractivity contribution in [2.45, 2.75) is 20.0 Å². The molecule has 0 amide bonds. The van der Waals surface area contributed by atoms with Crippen molar-refractivity contribution in [1.82, 2.24) is 9.66 Å². The second-order valence-electron chi connectivity index (χ2n) is 7.96. The highest BCUT2D eigenvalue weighted by atomic mass is 35.5. The predicted octanol–water partition coefficient (Wildman–Crippen LogP) is 6.79. The second kappa shape index (κ2) is 8.97. The van der Waals surface area contributed by atoms with Crippen LogP contribution in [0.1, 0.15) is 19.4 Å². The van der Waals surface area contributed by atoms with Gasteiger partial charge in [-0.3, -0.25) is 4.79 Å². The molecular formula is C26H19Cl2N3O3. The van der Waals surface area contributed by atoms with E-state index >= 15 is 0 Å². The van der Waals surface area contributed by atoms with E-state index in [2.05, 4.69) is 10.1 Å². The van der Waals surface area contributed by atoms with Crippen molar-refractivity contribution in [2.24, 2.45) is 5.10 Å². The van der Waals surface area contributed by atoms with Crippen LogP contribution in [0.25, 0.3) is 33.5 Å². The number of nitrogens with zero attached hydrogens (tertiary/aromatic N) is 3. The van der Waals surface area contributed by atoms with Gasteiger partial charge in [-0.1, -0.05) is 35.3 Å². The summed E-state index contributed by atoms with van der Waals surface area (Å²) in [7, 11) is 0. The van der Waals surface area contributed by atoms with E-state index in [9.17, 15) is 4.79 Å². The van der Waals surface area contributed by atoms with Crippen molar-refractivity contribution in [3.63, 3.8) is 0 Å². The second-order valence-corrected chi connectivity index (χ2v) is 8.81. The average Bonchev–Trinajstić information content (AvgIpc) is 3.23. The van der Waals surface area contributed by atoms with Gasteiger partial charge in [0.1, 0.15) is 11.3 Å². The lowest BCUT2D eigenvalue weighted by atomic mass is 10.2. The molecule has 0 radical (unpaired) electrons. The lowest BCUT2D eigenvalue weighted by molar-refractivity contribution is 0.242. The Morgan fingerprint density at radius 2 is 1.88 bits per heavy atom. The standard InChI is InChI=1S/C26H19Cl2N3O3/c1-15(2)33-23-9-7-16(11-20(23)28)14-29-31-25(30-21-6-4-3-5-19(21)26(31)32)24-13-17-12-18(27)8-10-22(17)34-24/h3-15H,1-2H3. The van der Waals surface area contributed by atoms with Crippen molar-refractivity contribution in [3.05, 3.63) is 92.7 Å². The van der Waals surface area contributed by atoms with Crippen LogP contribution in [0.3, 0.4) is 0 Å². The summed E-state index contributed by atoms with van der Waals surface area (Å²) in [6.45, 7) is 3.86. The molecule has 2 aromatic heterocycles. The Labute approximate surface area is 205 Å². The maximum Gasteiger partial charge on any atom is 0.282 e. The highest BCUT2D eigenvalue weighted by Crippen LogP contribution is 2.29. The Morgan fingerprint density at radius 3 is 2.68 bits per heavy atom. The fourth-order valence-corrected chi connectivity index (χ4v) is 4.00. The molecule has 0 aliphatic heterocycles. The van der Waals surface area contributed by atoms with Gasteiger partial charge in [-0.25, -0.2) is 4.98 Å². The van der Waals surface area contributed by atoms with Crippen LogP contribution in [-0.4, -0.2) is 22.0 Å². The number of halogens is 2. The zero-order valence-corrected chi connectivity index (χ0v) is 19.8. The molecule has 2 heterocycles. The van der Waals surface area contributed by atoms with Gasteiger partial charge in [-0.05, 0) is 74.0 Å². The van der Waals surface area contributed by atoms with E-state index in [1.54, 1.807) is 60.8 Å². The molecule has 170 valence electrons. The smallest absolute Gasteiger partial charge is 0.282 e. The fourth-order valence-electron chi connectivity index (χ4n) is 3.59. The summed E-state index contributed by atoms with van der Waals surface area (Å²) in [6, 6.07) is 19.5. The number of furan rings is 1. The molecule has 5 aromatic rings. The molecule has 6 nitrogen and oxygen atoms in total. The molecule has 0 saturated heterocycles. The van der Waals surface area contributed by atoms with Crippen LogP contribution in [0, 0.1) is 0 Å². The first kappa shape index (κ1) is 22.2. The van der Waals surface area contributed by atoms with Gasteiger partial charge in [0, 0.05) is 10.4 Å². The molecule has 0 bridgehead atoms. The number of para-hydroxylation sites is 1. The molecule has 3 aromatic carbocycles.